The summed E-state index contributed by atoms with van der Waals surface area (Å²) in [5, 5.41) is 6.50. The second-order valence-corrected chi connectivity index (χ2v) is 6.30. The Hall–Kier alpha value is -0.650. The standard InChI is InChI=1S/C14H25N3O2/c15-11-6-9-2-1-3-10(7-11)13(9)17-14(18)12-8-19-5-4-16-12/h9-13,16H,1-8,15H2,(H,17,18). The van der Waals surface area contributed by atoms with Gasteiger partial charge in [0.15, 0.2) is 0 Å². The minimum absolute atomic E-state index is 0.108. The van der Waals surface area contributed by atoms with E-state index in [2.05, 4.69) is 10.6 Å². The van der Waals surface area contributed by atoms with Crippen LogP contribution in [0.5, 0.6) is 0 Å². The third-order valence-electron chi connectivity index (χ3n) is 4.92. The number of ether oxygens (including phenoxy) is 1. The van der Waals surface area contributed by atoms with Crippen molar-refractivity contribution in [3.05, 3.63) is 0 Å². The van der Waals surface area contributed by atoms with Crippen LogP contribution >= 0.6 is 0 Å². The van der Waals surface area contributed by atoms with Crippen LogP contribution in [0, 0.1) is 11.8 Å². The number of nitrogens with one attached hydrogen (secondary N) is 2. The van der Waals surface area contributed by atoms with E-state index in [-0.39, 0.29) is 11.9 Å². The number of hydrogen-bond acceptors (Lipinski definition) is 4. The first-order chi connectivity index (χ1) is 9.24. The van der Waals surface area contributed by atoms with Crippen LogP contribution in [0.4, 0.5) is 0 Å². The Labute approximate surface area is 114 Å². The van der Waals surface area contributed by atoms with Gasteiger partial charge in [0, 0.05) is 18.6 Å². The molecule has 3 fully saturated rings. The molecule has 1 amide bonds. The molecule has 1 saturated heterocycles. The Balaban J connectivity index is 1.60. The van der Waals surface area contributed by atoms with Crippen LogP contribution in [-0.4, -0.2) is 43.8 Å². The molecule has 2 aliphatic carbocycles. The largest absolute Gasteiger partial charge is 0.378 e. The molecule has 0 spiro atoms. The number of amides is 1. The summed E-state index contributed by atoms with van der Waals surface area (Å²) >= 11 is 0. The summed E-state index contributed by atoms with van der Waals surface area (Å²) in [6.45, 7) is 1.96. The third kappa shape index (κ3) is 2.93. The second kappa shape index (κ2) is 5.77. The molecule has 0 aromatic heterocycles. The van der Waals surface area contributed by atoms with Crippen LogP contribution < -0.4 is 16.4 Å². The van der Waals surface area contributed by atoms with Crippen molar-refractivity contribution in [3.63, 3.8) is 0 Å². The second-order valence-electron chi connectivity index (χ2n) is 6.30. The lowest BCUT2D eigenvalue weighted by atomic mass is 9.67. The molecule has 2 bridgehead atoms. The summed E-state index contributed by atoms with van der Waals surface area (Å²) in [6, 6.07) is 0.495. The molecule has 3 atom stereocenters. The van der Waals surface area contributed by atoms with Gasteiger partial charge in [-0.25, -0.2) is 0 Å². The summed E-state index contributed by atoms with van der Waals surface area (Å²) in [5.41, 5.74) is 6.12. The van der Waals surface area contributed by atoms with Crippen molar-refractivity contribution in [2.75, 3.05) is 19.8 Å². The molecule has 0 aromatic rings. The van der Waals surface area contributed by atoms with Gasteiger partial charge in [-0.3, -0.25) is 4.79 Å². The van der Waals surface area contributed by atoms with Crippen LogP contribution in [0.1, 0.15) is 32.1 Å². The van der Waals surface area contributed by atoms with Crippen LogP contribution in [0.15, 0.2) is 0 Å². The van der Waals surface area contributed by atoms with Crippen molar-refractivity contribution < 1.29 is 9.53 Å². The molecule has 0 radical (unpaired) electrons. The van der Waals surface area contributed by atoms with Gasteiger partial charge < -0.3 is 21.1 Å². The highest BCUT2D eigenvalue weighted by molar-refractivity contribution is 5.82. The smallest absolute Gasteiger partial charge is 0.239 e. The van der Waals surface area contributed by atoms with Crippen LogP contribution in [0.2, 0.25) is 0 Å². The fraction of sp³-hybridized carbons (Fsp3) is 0.929. The lowest BCUT2D eigenvalue weighted by Gasteiger charge is -2.45. The first kappa shape index (κ1) is 13.3. The van der Waals surface area contributed by atoms with E-state index in [9.17, 15) is 4.79 Å². The van der Waals surface area contributed by atoms with Gasteiger partial charge in [0.05, 0.1) is 13.2 Å². The summed E-state index contributed by atoms with van der Waals surface area (Å²) in [4.78, 5) is 12.3. The van der Waals surface area contributed by atoms with Gasteiger partial charge in [0.1, 0.15) is 6.04 Å². The number of morpholine rings is 1. The number of nitrogens with two attached hydrogens (primary N) is 1. The average molecular weight is 267 g/mol. The summed E-state index contributed by atoms with van der Waals surface area (Å²) < 4.78 is 5.36. The van der Waals surface area contributed by atoms with Gasteiger partial charge in [0.2, 0.25) is 5.91 Å². The maximum Gasteiger partial charge on any atom is 0.239 e. The predicted octanol–water partition coefficient (Wildman–Crippen LogP) is -0.00300. The van der Waals surface area contributed by atoms with E-state index in [0.717, 1.165) is 19.4 Å². The monoisotopic (exact) mass is 267 g/mol. The Morgan fingerprint density at radius 1 is 1.26 bits per heavy atom. The van der Waals surface area contributed by atoms with Crippen LogP contribution in [-0.2, 0) is 9.53 Å². The van der Waals surface area contributed by atoms with E-state index in [1.807, 2.05) is 0 Å². The van der Waals surface area contributed by atoms with E-state index in [4.69, 9.17) is 10.5 Å². The molecule has 1 aliphatic heterocycles. The Bertz CT molecular complexity index is 317. The highest BCUT2D eigenvalue weighted by Crippen LogP contribution is 2.39. The molecule has 5 heteroatoms. The van der Waals surface area contributed by atoms with Crippen LogP contribution in [0.3, 0.4) is 0 Å². The maximum absolute atomic E-state index is 12.3. The summed E-state index contributed by atoms with van der Waals surface area (Å²) in [6.07, 6.45) is 5.85. The number of rotatable bonds is 2. The molecule has 4 N–H and O–H groups in total. The number of fused-ring (bicyclic) bond motifs is 2. The Morgan fingerprint density at radius 3 is 2.63 bits per heavy atom. The van der Waals surface area contributed by atoms with Gasteiger partial charge in [-0.1, -0.05) is 6.42 Å². The molecule has 1 heterocycles. The molecule has 5 nitrogen and oxygen atoms in total. The minimum atomic E-state index is -0.176. The van der Waals surface area contributed by atoms with Gasteiger partial charge >= 0.3 is 0 Å². The normalized spacial score (nSPS) is 42.7. The SMILES string of the molecule is NC1CC2CCCC(C1)C2NC(=O)C1COCCN1. The molecule has 3 rings (SSSR count). The summed E-state index contributed by atoms with van der Waals surface area (Å²) in [7, 11) is 0. The third-order valence-corrected chi connectivity index (χ3v) is 4.92. The van der Waals surface area contributed by atoms with Crippen LogP contribution in [0.25, 0.3) is 0 Å². The van der Waals surface area contributed by atoms with E-state index in [1.54, 1.807) is 0 Å². The number of carbonyl (C=O) groups is 1. The topological polar surface area (TPSA) is 76.4 Å². The minimum Gasteiger partial charge on any atom is -0.378 e. The highest BCUT2D eigenvalue weighted by Gasteiger charge is 2.40. The molecule has 19 heavy (non-hydrogen) atoms. The zero-order valence-electron chi connectivity index (χ0n) is 11.4. The molecular weight excluding hydrogens is 242 g/mol. The lowest BCUT2D eigenvalue weighted by Crippen LogP contribution is -2.59. The Kier molecular flexibility index (Phi) is 4.05. The fourth-order valence-corrected chi connectivity index (χ4v) is 4.02. The molecular formula is C14H25N3O2. The molecule has 108 valence electrons. The van der Waals surface area contributed by atoms with E-state index >= 15 is 0 Å². The van der Waals surface area contributed by atoms with Gasteiger partial charge in [-0.15, -0.1) is 0 Å². The van der Waals surface area contributed by atoms with Crippen molar-refractivity contribution in [2.24, 2.45) is 17.6 Å². The fourth-order valence-electron chi connectivity index (χ4n) is 4.02. The van der Waals surface area contributed by atoms with Crippen molar-refractivity contribution in [2.45, 2.75) is 50.2 Å². The van der Waals surface area contributed by atoms with Gasteiger partial charge in [-0.2, -0.15) is 0 Å². The van der Waals surface area contributed by atoms with Crippen molar-refractivity contribution in [1.82, 2.24) is 10.6 Å². The summed E-state index contributed by atoms with van der Waals surface area (Å²) in [5.74, 6) is 1.27. The highest BCUT2D eigenvalue weighted by atomic mass is 16.5. The zero-order chi connectivity index (χ0) is 13.2. The average Bonchev–Trinajstić information content (AvgIpc) is 2.41. The lowest BCUT2D eigenvalue weighted by molar-refractivity contribution is -0.128. The molecule has 3 aliphatic rings. The predicted molar refractivity (Wildman–Crippen MR) is 72.6 cm³/mol. The molecule has 3 unspecified atom stereocenters. The van der Waals surface area contributed by atoms with E-state index in [0.29, 0.717) is 37.1 Å². The number of carbonyl (C=O) groups excluding carboxylic acids is 1. The van der Waals surface area contributed by atoms with E-state index in [1.165, 1.54) is 19.3 Å². The first-order valence-electron chi connectivity index (χ1n) is 7.61. The zero-order valence-corrected chi connectivity index (χ0v) is 11.4. The Morgan fingerprint density at radius 2 is 2.00 bits per heavy atom. The van der Waals surface area contributed by atoms with Gasteiger partial charge in [-0.05, 0) is 37.5 Å². The maximum atomic E-state index is 12.3. The first-order valence-corrected chi connectivity index (χ1v) is 7.61. The van der Waals surface area contributed by atoms with E-state index < -0.39 is 0 Å². The van der Waals surface area contributed by atoms with Crippen molar-refractivity contribution in [3.8, 4) is 0 Å². The molecule has 0 aromatic carbocycles. The molecule has 2 saturated carbocycles. The van der Waals surface area contributed by atoms with Crippen molar-refractivity contribution >= 4 is 5.91 Å². The van der Waals surface area contributed by atoms with Gasteiger partial charge in [0.25, 0.3) is 0 Å². The van der Waals surface area contributed by atoms with Crippen molar-refractivity contribution in [1.29, 1.82) is 0 Å². The number of hydrogen-bond donors (Lipinski definition) is 3. The quantitative estimate of drug-likeness (QED) is 0.658.